The smallest absolute Gasteiger partial charge is 0.240 e. The van der Waals surface area contributed by atoms with Gasteiger partial charge in [-0.2, -0.15) is 10.2 Å². The van der Waals surface area contributed by atoms with Crippen molar-refractivity contribution < 1.29 is 18.6 Å². The molecule has 0 saturated heterocycles. The Morgan fingerprint density at radius 2 is 1.57 bits per heavy atom. The molecule has 4 aromatic carbocycles. The number of phenols is 2. The highest BCUT2D eigenvalue weighted by Gasteiger charge is 2.15. The number of sulfonamides is 1. The van der Waals surface area contributed by atoms with Crippen molar-refractivity contribution in [2.45, 2.75) is 21.6 Å². The van der Waals surface area contributed by atoms with E-state index in [0.29, 0.717) is 43.2 Å². The molecular formula is C24H22N6O4S3. The molecule has 5 N–H and O–H groups in total. The van der Waals surface area contributed by atoms with E-state index in [1.165, 1.54) is 37.4 Å². The monoisotopic (exact) mass is 554 g/mol. The molecule has 0 radical (unpaired) electrons. The SMILES string of the molecule is CNS(=O)(=O)c1ccc(N=Nc2cc(O)c(N=Nc3c(S)cc4cc(S)cc(N)c4c3O)cc2C)cc1. The lowest BCUT2D eigenvalue weighted by molar-refractivity contribution is 0.475. The number of hydrogen-bond acceptors (Lipinski definition) is 11. The van der Waals surface area contributed by atoms with E-state index in [1.54, 1.807) is 31.2 Å². The minimum Gasteiger partial charge on any atom is -0.506 e. The molecule has 0 heterocycles. The fourth-order valence-corrected chi connectivity index (χ4v) is 4.79. The highest BCUT2D eigenvalue weighted by Crippen LogP contribution is 2.44. The summed E-state index contributed by atoms with van der Waals surface area (Å²) in [5, 5.41) is 38.7. The van der Waals surface area contributed by atoms with Gasteiger partial charge in [0.1, 0.15) is 17.1 Å². The molecule has 0 spiro atoms. The van der Waals surface area contributed by atoms with Crippen LogP contribution in [0.5, 0.6) is 11.5 Å². The standard InChI is InChI=1S/C24H22N6O4S3/c1-12-7-19(29-30-23-21(36)9-13-8-15(35)10-17(25)22(13)24(23)32)20(31)11-18(12)28-27-14-3-5-16(6-4-14)37(33,34)26-2/h3-11,26,31-32,35-36H,25H2,1-2H3. The average molecular weight is 555 g/mol. The minimum absolute atomic E-state index is 0.0963. The van der Waals surface area contributed by atoms with Crippen molar-refractivity contribution in [1.82, 2.24) is 4.72 Å². The Morgan fingerprint density at radius 3 is 2.24 bits per heavy atom. The maximum Gasteiger partial charge on any atom is 0.240 e. The van der Waals surface area contributed by atoms with Gasteiger partial charge in [-0.05, 0) is 73.5 Å². The Hall–Kier alpha value is -3.65. The molecule has 0 saturated carbocycles. The molecule has 0 aliphatic rings. The van der Waals surface area contributed by atoms with Gasteiger partial charge in [-0.1, -0.05) is 0 Å². The fraction of sp³-hybridized carbons (Fsp3) is 0.0833. The Bertz CT molecular complexity index is 1690. The molecule has 0 amide bonds. The largest absolute Gasteiger partial charge is 0.506 e. The predicted molar refractivity (Wildman–Crippen MR) is 148 cm³/mol. The quantitative estimate of drug-likeness (QED) is 0.0914. The van der Waals surface area contributed by atoms with Crippen molar-refractivity contribution in [3.05, 3.63) is 60.2 Å². The number of thiol groups is 2. The van der Waals surface area contributed by atoms with Crippen LogP contribution in [0.25, 0.3) is 10.8 Å². The maximum absolute atomic E-state index is 11.8. The van der Waals surface area contributed by atoms with Crippen LogP contribution in [0.3, 0.4) is 0 Å². The third-order valence-electron chi connectivity index (χ3n) is 5.42. The normalized spacial score (nSPS) is 12.2. The van der Waals surface area contributed by atoms with Crippen molar-refractivity contribution in [2.75, 3.05) is 12.8 Å². The van der Waals surface area contributed by atoms with Crippen molar-refractivity contribution >= 4 is 74.5 Å². The number of phenolic OH excluding ortho intramolecular Hbond substituents is 2. The molecule has 0 atom stereocenters. The molecule has 0 aliphatic carbocycles. The highest BCUT2D eigenvalue weighted by molar-refractivity contribution is 7.89. The first-order valence-corrected chi connectivity index (χ1v) is 13.1. The first-order chi connectivity index (χ1) is 17.5. The van der Waals surface area contributed by atoms with E-state index in [1.807, 2.05) is 0 Å². The van der Waals surface area contributed by atoms with Crippen LogP contribution in [0, 0.1) is 6.92 Å². The zero-order chi connectivity index (χ0) is 26.9. The Balaban J connectivity index is 1.61. The van der Waals surface area contributed by atoms with Crippen LogP contribution >= 0.6 is 25.3 Å². The van der Waals surface area contributed by atoms with Crippen molar-refractivity contribution in [1.29, 1.82) is 0 Å². The summed E-state index contributed by atoms with van der Waals surface area (Å²) in [6.07, 6.45) is 0. The molecular weight excluding hydrogens is 533 g/mol. The lowest BCUT2D eigenvalue weighted by Crippen LogP contribution is -2.18. The summed E-state index contributed by atoms with van der Waals surface area (Å²) in [4.78, 5) is 1.11. The van der Waals surface area contributed by atoms with E-state index >= 15 is 0 Å². The molecule has 0 aliphatic heterocycles. The van der Waals surface area contributed by atoms with E-state index in [9.17, 15) is 18.6 Å². The number of anilines is 1. The van der Waals surface area contributed by atoms with Crippen LogP contribution in [0.1, 0.15) is 5.56 Å². The van der Waals surface area contributed by atoms with Crippen LogP contribution in [-0.2, 0) is 10.0 Å². The highest BCUT2D eigenvalue weighted by atomic mass is 32.2. The number of azo groups is 2. The van der Waals surface area contributed by atoms with Gasteiger partial charge in [0.15, 0.2) is 5.75 Å². The molecule has 4 rings (SSSR count). The topological polar surface area (TPSA) is 162 Å². The zero-order valence-electron chi connectivity index (χ0n) is 19.6. The lowest BCUT2D eigenvalue weighted by atomic mass is 10.1. The molecule has 0 aromatic heterocycles. The van der Waals surface area contributed by atoms with Crippen LogP contribution in [-0.4, -0.2) is 25.7 Å². The van der Waals surface area contributed by atoms with Crippen molar-refractivity contribution in [3.63, 3.8) is 0 Å². The number of hydrogen-bond donors (Lipinski definition) is 6. The molecule has 10 nitrogen and oxygen atoms in total. The van der Waals surface area contributed by atoms with Gasteiger partial charge < -0.3 is 15.9 Å². The number of nitrogens with two attached hydrogens (primary N) is 1. The van der Waals surface area contributed by atoms with Gasteiger partial charge in [0, 0.05) is 26.9 Å². The lowest BCUT2D eigenvalue weighted by Gasteiger charge is -2.10. The van der Waals surface area contributed by atoms with Gasteiger partial charge in [-0.15, -0.1) is 35.5 Å². The number of rotatable bonds is 6. The number of nitrogens with one attached hydrogen (secondary N) is 1. The Labute approximate surface area is 223 Å². The summed E-state index contributed by atoms with van der Waals surface area (Å²) in [6.45, 7) is 1.75. The van der Waals surface area contributed by atoms with E-state index in [0.717, 1.165) is 0 Å². The second-order valence-electron chi connectivity index (χ2n) is 7.95. The second-order valence-corrected chi connectivity index (χ2v) is 10.8. The Morgan fingerprint density at radius 1 is 0.892 bits per heavy atom. The van der Waals surface area contributed by atoms with Crippen LogP contribution in [0.4, 0.5) is 28.4 Å². The number of aryl methyl sites for hydroxylation is 1. The summed E-state index contributed by atoms with van der Waals surface area (Å²) in [7, 11) is -2.22. The maximum atomic E-state index is 11.8. The first-order valence-electron chi connectivity index (χ1n) is 10.7. The fourth-order valence-electron chi connectivity index (χ4n) is 3.50. The zero-order valence-corrected chi connectivity index (χ0v) is 22.2. The molecule has 0 unspecified atom stereocenters. The molecule has 37 heavy (non-hydrogen) atoms. The Kier molecular flexibility index (Phi) is 7.41. The van der Waals surface area contributed by atoms with Crippen molar-refractivity contribution in [2.24, 2.45) is 20.5 Å². The number of benzene rings is 4. The third-order valence-corrected chi connectivity index (χ3v) is 7.45. The minimum atomic E-state index is -3.55. The summed E-state index contributed by atoms with van der Waals surface area (Å²) in [5.41, 5.74) is 8.07. The first kappa shape index (κ1) is 26.4. The predicted octanol–water partition coefficient (Wildman–Crippen LogP) is 6.46. The van der Waals surface area contributed by atoms with Gasteiger partial charge in [-0.3, -0.25) is 0 Å². The second kappa shape index (κ2) is 10.4. The van der Waals surface area contributed by atoms with Crippen LogP contribution in [0.2, 0.25) is 0 Å². The summed E-state index contributed by atoms with van der Waals surface area (Å²) < 4.78 is 25.9. The van der Waals surface area contributed by atoms with Crippen LogP contribution in [0.15, 0.2) is 89.7 Å². The summed E-state index contributed by atoms with van der Waals surface area (Å²) >= 11 is 8.71. The summed E-state index contributed by atoms with van der Waals surface area (Å²) in [5.74, 6) is -0.397. The summed E-state index contributed by atoms with van der Waals surface area (Å²) in [6, 6.07) is 13.9. The van der Waals surface area contributed by atoms with Gasteiger partial charge in [0.05, 0.1) is 16.3 Å². The molecule has 0 bridgehead atoms. The molecule has 190 valence electrons. The number of nitrogen functional groups attached to an aromatic ring is 1. The van der Waals surface area contributed by atoms with Gasteiger partial charge in [-0.25, -0.2) is 13.1 Å². The van der Waals surface area contributed by atoms with Gasteiger partial charge in [0.2, 0.25) is 10.0 Å². The number of fused-ring (bicyclic) bond motifs is 1. The molecule has 13 heteroatoms. The number of aromatic hydroxyl groups is 2. The van der Waals surface area contributed by atoms with Gasteiger partial charge >= 0.3 is 0 Å². The molecule has 4 aromatic rings. The average Bonchev–Trinajstić information content (AvgIpc) is 2.84. The van der Waals surface area contributed by atoms with E-state index in [2.05, 4.69) is 50.4 Å². The van der Waals surface area contributed by atoms with E-state index in [4.69, 9.17) is 5.73 Å². The van der Waals surface area contributed by atoms with Gasteiger partial charge in [0.25, 0.3) is 0 Å². The number of nitrogens with zero attached hydrogens (tertiary/aromatic N) is 4. The van der Waals surface area contributed by atoms with E-state index < -0.39 is 10.0 Å². The van der Waals surface area contributed by atoms with E-state index in [-0.39, 0.29) is 27.8 Å². The molecule has 0 fully saturated rings. The van der Waals surface area contributed by atoms with Crippen LogP contribution < -0.4 is 10.5 Å². The third kappa shape index (κ3) is 5.54. The van der Waals surface area contributed by atoms with Crippen molar-refractivity contribution in [3.8, 4) is 11.5 Å².